The number of anilines is 2. The van der Waals surface area contributed by atoms with Crippen molar-refractivity contribution in [3.8, 4) is 0 Å². The second kappa shape index (κ2) is 7.13. The van der Waals surface area contributed by atoms with Gasteiger partial charge in [-0.3, -0.25) is 4.79 Å². The Hall–Kier alpha value is -1.56. The van der Waals surface area contributed by atoms with Crippen LogP contribution >= 0.6 is 34.5 Å². The molecule has 0 saturated carbocycles. The number of aryl methyl sites for hydroxylation is 1. The third kappa shape index (κ3) is 3.43. The summed E-state index contributed by atoms with van der Waals surface area (Å²) in [5.74, 6) is -1.57. The molecule has 0 radical (unpaired) electrons. The smallest absolute Gasteiger partial charge is 0.380 e. The molecule has 2 aromatic rings. The summed E-state index contributed by atoms with van der Waals surface area (Å²) in [6.07, 6.45) is 0. The fraction of sp³-hybridized carbons (Fsp3) is 0.200. The molecule has 0 amide bonds. The van der Waals surface area contributed by atoms with Crippen molar-refractivity contribution >= 4 is 57.7 Å². The van der Waals surface area contributed by atoms with Gasteiger partial charge in [0.15, 0.2) is 0 Å². The van der Waals surface area contributed by atoms with E-state index in [1.165, 1.54) is 11.3 Å². The SMILES string of the molecule is CCOC(=O)C(=O)c1scc(C)c1Nc1c(Cl)cccc1Cl. The Kier molecular flexibility index (Phi) is 5.45. The molecule has 0 aliphatic rings. The zero-order valence-electron chi connectivity index (χ0n) is 11.9. The van der Waals surface area contributed by atoms with Crippen molar-refractivity contribution in [1.82, 2.24) is 0 Å². The third-order valence-corrected chi connectivity index (χ3v) is 4.58. The Morgan fingerprint density at radius 3 is 2.45 bits per heavy atom. The van der Waals surface area contributed by atoms with E-state index in [4.69, 9.17) is 27.9 Å². The molecule has 0 unspecified atom stereocenters. The first kappa shape index (κ1) is 16.8. The summed E-state index contributed by atoms with van der Waals surface area (Å²) in [6.45, 7) is 3.62. The molecule has 0 atom stereocenters. The number of carbonyl (C=O) groups is 2. The number of thiophene rings is 1. The van der Waals surface area contributed by atoms with E-state index >= 15 is 0 Å². The lowest BCUT2D eigenvalue weighted by molar-refractivity contribution is -0.137. The van der Waals surface area contributed by atoms with Crippen molar-refractivity contribution < 1.29 is 14.3 Å². The van der Waals surface area contributed by atoms with Gasteiger partial charge < -0.3 is 10.1 Å². The van der Waals surface area contributed by atoms with E-state index in [0.717, 1.165) is 5.56 Å². The average molecular weight is 358 g/mol. The molecule has 0 spiro atoms. The Morgan fingerprint density at radius 1 is 1.23 bits per heavy atom. The summed E-state index contributed by atoms with van der Waals surface area (Å²) in [4.78, 5) is 24.1. The third-order valence-electron chi connectivity index (χ3n) is 2.85. The number of hydrogen-bond donors (Lipinski definition) is 1. The number of rotatable bonds is 5. The van der Waals surface area contributed by atoms with Crippen LogP contribution in [-0.4, -0.2) is 18.4 Å². The lowest BCUT2D eigenvalue weighted by Crippen LogP contribution is -2.17. The van der Waals surface area contributed by atoms with Gasteiger partial charge >= 0.3 is 5.97 Å². The molecule has 116 valence electrons. The maximum Gasteiger partial charge on any atom is 0.380 e. The van der Waals surface area contributed by atoms with Gasteiger partial charge in [0.2, 0.25) is 0 Å². The number of esters is 1. The van der Waals surface area contributed by atoms with Crippen molar-refractivity contribution in [3.63, 3.8) is 0 Å². The first-order valence-electron chi connectivity index (χ1n) is 6.46. The van der Waals surface area contributed by atoms with Crippen LogP contribution in [0.25, 0.3) is 0 Å². The molecule has 1 aromatic carbocycles. The van der Waals surface area contributed by atoms with Crippen molar-refractivity contribution in [2.24, 2.45) is 0 Å². The zero-order valence-corrected chi connectivity index (χ0v) is 14.2. The number of ether oxygens (including phenoxy) is 1. The Balaban J connectivity index is 2.39. The van der Waals surface area contributed by atoms with E-state index in [-0.39, 0.29) is 11.5 Å². The highest BCUT2D eigenvalue weighted by Crippen LogP contribution is 2.37. The van der Waals surface area contributed by atoms with Gasteiger partial charge in [-0.2, -0.15) is 0 Å². The van der Waals surface area contributed by atoms with E-state index in [2.05, 4.69) is 5.32 Å². The molecule has 0 saturated heterocycles. The minimum Gasteiger partial charge on any atom is -0.460 e. The molecule has 1 heterocycles. The van der Waals surface area contributed by atoms with Gasteiger partial charge in [-0.25, -0.2) is 4.79 Å². The van der Waals surface area contributed by atoms with Gasteiger partial charge in [-0.05, 0) is 36.9 Å². The monoisotopic (exact) mass is 357 g/mol. The number of hydrogen-bond acceptors (Lipinski definition) is 5. The fourth-order valence-corrected chi connectivity index (χ4v) is 3.22. The number of nitrogens with one attached hydrogen (secondary N) is 1. The Labute approximate surface area is 142 Å². The van der Waals surface area contributed by atoms with Gasteiger partial charge in [-0.1, -0.05) is 29.3 Å². The molecule has 0 bridgehead atoms. The molecular weight excluding hydrogens is 345 g/mol. The molecule has 4 nitrogen and oxygen atoms in total. The van der Waals surface area contributed by atoms with Crippen LogP contribution in [0.5, 0.6) is 0 Å². The quantitative estimate of drug-likeness (QED) is 0.471. The van der Waals surface area contributed by atoms with E-state index < -0.39 is 11.8 Å². The van der Waals surface area contributed by atoms with Gasteiger partial charge in [0.05, 0.1) is 28.0 Å². The second-order valence-corrected chi connectivity index (χ2v) is 6.09. The highest BCUT2D eigenvalue weighted by Gasteiger charge is 2.24. The highest BCUT2D eigenvalue weighted by atomic mass is 35.5. The van der Waals surface area contributed by atoms with Crippen molar-refractivity contribution in [1.29, 1.82) is 0 Å². The van der Waals surface area contributed by atoms with Crippen LogP contribution in [0.2, 0.25) is 10.0 Å². The van der Waals surface area contributed by atoms with Gasteiger partial charge in [-0.15, -0.1) is 11.3 Å². The topological polar surface area (TPSA) is 55.4 Å². The maximum absolute atomic E-state index is 12.2. The summed E-state index contributed by atoms with van der Waals surface area (Å²) in [5, 5.41) is 5.68. The van der Waals surface area contributed by atoms with Crippen LogP contribution in [0, 0.1) is 6.92 Å². The van der Waals surface area contributed by atoms with Crippen LogP contribution in [0.3, 0.4) is 0 Å². The molecule has 2 rings (SSSR count). The largest absolute Gasteiger partial charge is 0.460 e. The second-order valence-electron chi connectivity index (χ2n) is 4.39. The summed E-state index contributed by atoms with van der Waals surface area (Å²) in [7, 11) is 0. The lowest BCUT2D eigenvalue weighted by Gasteiger charge is -2.12. The normalized spacial score (nSPS) is 10.4. The van der Waals surface area contributed by atoms with Gasteiger partial charge in [0, 0.05) is 0 Å². The van der Waals surface area contributed by atoms with E-state index in [0.29, 0.717) is 21.4 Å². The van der Waals surface area contributed by atoms with Crippen molar-refractivity contribution in [3.05, 3.63) is 44.1 Å². The number of Topliss-reactive ketones (excluding diaryl/α,β-unsaturated/α-hetero) is 1. The van der Waals surface area contributed by atoms with E-state index in [9.17, 15) is 9.59 Å². The van der Waals surface area contributed by atoms with E-state index in [1.807, 2.05) is 6.92 Å². The first-order valence-corrected chi connectivity index (χ1v) is 8.09. The number of ketones is 1. The predicted molar refractivity (Wildman–Crippen MR) is 89.8 cm³/mol. The zero-order chi connectivity index (χ0) is 16.3. The van der Waals surface area contributed by atoms with E-state index in [1.54, 1.807) is 30.5 Å². The Morgan fingerprint density at radius 2 is 1.86 bits per heavy atom. The van der Waals surface area contributed by atoms with Gasteiger partial charge in [0.25, 0.3) is 5.78 Å². The van der Waals surface area contributed by atoms with Crippen LogP contribution in [-0.2, 0) is 9.53 Å². The fourth-order valence-electron chi connectivity index (χ4n) is 1.80. The minimum absolute atomic E-state index is 0.147. The molecule has 1 N–H and O–H groups in total. The molecule has 7 heteroatoms. The number of carbonyl (C=O) groups excluding carboxylic acids is 2. The standard InChI is InChI=1S/C15H13Cl2NO3S/c1-3-21-15(20)13(19)14-11(8(2)7-22-14)18-12-9(16)5-4-6-10(12)17/h4-7,18H,3H2,1-2H3. The predicted octanol–water partition coefficient (Wildman–Crippen LogP) is 4.85. The molecule has 22 heavy (non-hydrogen) atoms. The summed E-state index contributed by atoms with van der Waals surface area (Å²) in [5.41, 5.74) is 1.82. The van der Waals surface area contributed by atoms with Crippen molar-refractivity contribution in [2.45, 2.75) is 13.8 Å². The van der Waals surface area contributed by atoms with Crippen molar-refractivity contribution in [2.75, 3.05) is 11.9 Å². The van der Waals surface area contributed by atoms with Crippen LogP contribution in [0.4, 0.5) is 11.4 Å². The maximum atomic E-state index is 12.2. The lowest BCUT2D eigenvalue weighted by atomic mass is 10.2. The first-order chi connectivity index (χ1) is 10.5. The summed E-state index contributed by atoms with van der Waals surface area (Å²) >= 11 is 13.4. The molecule has 0 aliphatic heterocycles. The van der Waals surface area contributed by atoms with Crippen LogP contribution in [0.15, 0.2) is 23.6 Å². The Bertz CT molecular complexity index is 707. The molecule has 0 aliphatic carbocycles. The average Bonchev–Trinajstić information content (AvgIpc) is 2.83. The number of benzene rings is 1. The number of para-hydroxylation sites is 1. The minimum atomic E-state index is -0.877. The molecule has 0 fully saturated rings. The van der Waals surface area contributed by atoms with Gasteiger partial charge in [0.1, 0.15) is 4.88 Å². The van der Waals surface area contributed by atoms with Crippen LogP contribution < -0.4 is 5.32 Å². The molecular formula is C15H13Cl2NO3S. The molecule has 1 aromatic heterocycles. The van der Waals surface area contributed by atoms with Crippen LogP contribution in [0.1, 0.15) is 22.2 Å². The highest BCUT2D eigenvalue weighted by molar-refractivity contribution is 7.13. The summed E-state index contributed by atoms with van der Waals surface area (Å²) < 4.78 is 4.76. The number of halogens is 2. The summed E-state index contributed by atoms with van der Waals surface area (Å²) in [6, 6.07) is 5.09.